The molecule has 1 N–H and O–H groups in total. The molecule has 0 bridgehead atoms. The van der Waals surface area contributed by atoms with E-state index in [0.717, 1.165) is 25.9 Å². The highest BCUT2D eigenvalue weighted by molar-refractivity contribution is 5.85. The van der Waals surface area contributed by atoms with Crippen molar-refractivity contribution in [2.45, 2.75) is 83.4 Å². The largest absolute Gasteiger partial charge is 0.444 e. The van der Waals surface area contributed by atoms with E-state index in [-0.39, 0.29) is 18.5 Å². The topological polar surface area (TPSA) is 41.6 Å². The Labute approximate surface area is 135 Å². The van der Waals surface area contributed by atoms with Gasteiger partial charge in [-0.15, -0.1) is 12.4 Å². The number of rotatable bonds is 2. The van der Waals surface area contributed by atoms with Crippen molar-refractivity contribution in [2.24, 2.45) is 0 Å². The molecule has 2 rings (SSSR count). The number of hydrogen-bond acceptors (Lipinski definition) is 3. The van der Waals surface area contributed by atoms with Crippen molar-refractivity contribution in [1.29, 1.82) is 0 Å². The minimum atomic E-state index is -0.395. The van der Waals surface area contributed by atoms with Crippen molar-refractivity contribution in [3.05, 3.63) is 0 Å². The van der Waals surface area contributed by atoms with Gasteiger partial charge in [-0.3, -0.25) is 0 Å². The molecule has 0 spiro atoms. The summed E-state index contributed by atoms with van der Waals surface area (Å²) in [6.45, 7) is 7.39. The number of hydrogen-bond donors (Lipinski definition) is 1. The molecular weight excluding hydrogens is 288 g/mol. The number of ether oxygens (including phenoxy) is 1. The van der Waals surface area contributed by atoms with Crippen molar-refractivity contribution in [3.63, 3.8) is 0 Å². The molecule has 1 heterocycles. The standard InChI is InChI=1S/C16H30N2O2.ClH/c1-16(2,3)20-15(19)18-11-9-14(10-12-18)17-13-7-5-4-6-8-13;/h13-14,17H,4-12H2,1-3H3;1H. The Kier molecular flexibility index (Phi) is 7.28. The summed E-state index contributed by atoms with van der Waals surface area (Å²) in [7, 11) is 0. The van der Waals surface area contributed by atoms with Gasteiger partial charge in [0.1, 0.15) is 5.60 Å². The summed E-state index contributed by atoms with van der Waals surface area (Å²) in [5.74, 6) is 0. The number of nitrogens with zero attached hydrogens (tertiary/aromatic N) is 1. The molecule has 5 heteroatoms. The number of carbonyl (C=O) groups excluding carboxylic acids is 1. The Morgan fingerprint density at radius 2 is 1.52 bits per heavy atom. The van der Waals surface area contributed by atoms with Crippen molar-refractivity contribution in [2.75, 3.05) is 13.1 Å². The van der Waals surface area contributed by atoms with Gasteiger partial charge in [-0.25, -0.2) is 4.79 Å². The maximum Gasteiger partial charge on any atom is 0.410 e. The molecule has 2 aliphatic rings. The van der Waals surface area contributed by atoms with Crippen LogP contribution in [-0.4, -0.2) is 41.8 Å². The minimum Gasteiger partial charge on any atom is -0.444 e. The molecule has 21 heavy (non-hydrogen) atoms. The Hall–Kier alpha value is -0.480. The van der Waals surface area contributed by atoms with Crippen LogP contribution in [0.2, 0.25) is 0 Å². The lowest BCUT2D eigenvalue weighted by Gasteiger charge is -2.36. The zero-order chi connectivity index (χ0) is 14.6. The fraction of sp³-hybridized carbons (Fsp3) is 0.938. The molecule has 2 fully saturated rings. The number of piperidine rings is 1. The molecule has 0 aromatic carbocycles. The lowest BCUT2D eigenvalue weighted by Crippen LogP contribution is -2.49. The Bertz CT molecular complexity index is 317. The van der Waals surface area contributed by atoms with E-state index in [4.69, 9.17) is 4.74 Å². The molecule has 0 aromatic rings. The van der Waals surface area contributed by atoms with Gasteiger partial charge in [0, 0.05) is 25.2 Å². The second kappa shape index (κ2) is 8.23. The zero-order valence-electron chi connectivity index (χ0n) is 13.7. The lowest BCUT2D eigenvalue weighted by molar-refractivity contribution is 0.0194. The van der Waals surface area contributed by atoms with Gasteiger partial charge in [0.25, 0.3) is 0 Å². The average molecular weight is 319 g/mol. The van der Waals surface area contributed by atoms with Crippen molar-refractivity contribution in [3.8, 4) is 0 Å². The molecule has 1 aliphatic carbocycles. The molecule has 0 atom stereocenters. The molecule has 1 saturated carbocycles. The summed E-state index contributed by atoms with van der Waals surface area (Å²) in [6.07, 6.45) is 8.73. The highest BCUT2D eigenvalue weighted by Crippen LogP contribution is 2.21. The Balaban J connectivity index is 0.00000220. The molecule has 0 radical (unpaired) electrons. The van der Waals surface area contributed by atoms with Gasteiger partial charge in [0.05, 0.1) is 0 Å². The number of likely N-dealkylation sites (tertiary alicyclic amines) is 1. The van der Waals surface area contributed by atoms with Crippen LogP contribution in [0.4, 0.5) is 4.79 Å². The second-order valence-corrected chi connectivity index (χ2v) is 7.24. The molecule has 1 aliphatic heterocycles. The van der Waals surface area contributed by atoms with Crippen LogP contribution in [0.1, 0.15) is 65.7 Å². The molecule has 1 saturated heterocycles. The summed E-state index contributed by atoms with van der Waals surface area (Å²) in [5.41, 5.74) is -0.395. The number of amides is 1. The average Bonchev–Trinajstić information content (AvgIpc) is 2.39. The molecule has 4 nitrogen and oxygen atoms in total. The fourth-order valence-electron chi connectivity index (χ4n) is 3.16. The quantitative estimate of drug-likeness (QED) is 0.843. The molecular formula is C16H31ClN2O2. The summed E-state index contributed by atoms with van der Waals surface area (Å²) < 4.78 is 5.43. The predicted octanol–water partition coefficient (Wildman–Crippen LogP) is 3.73. The van der Waals surface area contributed by atoms with Gasteiger partial charge in [0.15, 0.2) is 0 Å². The maximum atomic E-state index is 12.0. The smallest absolute Gasteiger partial charge is 0.410 e. The highest BCUT2D eigenvalue weighted by Gasteiger charge is 2.27. The van der Waals surface area contributed by atoms with E-state index < -0.39 is 5.60 Å². The molecule has 0 aromatic heterocycles. The normalized spacial score (nSPS) is 21.8. The van der Waals surface area contributed by atoms with Crippen LogP contribution >= 0.6 is 12.4 Å². The molecule has 1 amide bonds. The van der Waals surface area contributed by atoms with E-state index >= 15 is 0 Å². The Morgan fingerprint density at radius 1 is 1.00 bits per heavy atom. The van der Waals surface area contributed by atoms with Crippen LogP contribution < -0.4 is 5.32 Å². The third-order valence-corrected chi connectivity index (χ3v) is 4.22. The summed E-state index contributed by atoms with van der Waals surface area (Å²) in [6, 6.07) is 1.29. The maximum absolute atomic E-state index is 12.0. The lowest BCUT2D eigenvalue weighted by atomic mass is 9.93. The van der Waals surface area contributed by atoms with E-state index in [1.54, 1.807) is 0 Å². The number of halogens is 1. The van der Waals surface area contributed by atoms with Gasteiger partial charge in [-0.1, -0.05) is 19.3 Å². The van der Waals surface area contributed by atoms with Gasteiger partial charge >= 0.3 is 6.09 Å². The Morgan fingerprint density at radius 3 is 2.05 bits per heavy atom. The summed E-state index contributed by atoms with van der Waals surface area (Å²) >= 11 is 0. The monoisotopic (exact) mass is 318 g/mol. The second-order valence-electron chi connectivity index (χ2n) is 7.24. The van der Waals surface area contributed by atoms with Gasteiger partial charge < -0.3 is 15.0 Å². The molecule has 0 unspecified atom stereocenters. The van der Waals surface area contributed by atoms with Gasteiger partial charge in [0.2, 0.25) is 0 Å². The van der Waals surface area contributed by atoms with Gasteiger partial charge in [-0.2, -0.15) is 0 Å². The van der Waals surface area contributed by atoms with Crippen LogP contribution in [0.3, 0.4) is 0 Å². The first-order valence-corrected chi connectivity index (χ1v) is 8.18. The van der Waals surface area contributed by atoms with E-state index in [2.05, 4.69) is 5.32 Å². The van der Waals surface area contributed by atoms with E-state index in [1.165, 1.54) is 32.1 Å². The van der Waals surface area contributed by atoms with Crippen molar-refractivity contribution >= 4 is 18.5 Å². The first-order chi connectivity index (χ1) is 9.44. The predicted molar refractivity (Wildman–Crippen MR) is 88.1 cm³/mol. The van der Waals surface area contributed by atoms with E-state index in [9.17, 15) is 4.79 Å². The van der Waals surface area contributed by atoms with Crippen LogP contribution in [-0.2, 0) is 4.74 Å². The zero-order valence-corrected chi connectivity index (χ0v) is 14.5. The first-order valence-electron chi connectivity index (χ1n) is 8.18. The van der Waals surface area contributed by atoms with Crippen LogP contribution in [0.5, 0.6) is 0 Å². The SMILES string of the molecule is CC(C)(C)OC(=O)N1CCC(NC2CCCCC2)CC1.Cl. The molecule has 124 valence electrons. The number of nitrogens with one attached hydrogen (secondary N) is 1. The van der Waals surface area contributed by atoms with Crippen molar-refractivity contribution in [1.82, 2.24) is 10.2 Å². The third kappa shape index (κ3) is 6.43. The van der Waals surface area contributed by atoms with Crippen LogP contribution in [0, 0.1) is 0 Å². The summed E-state index contributed by atoms with van der Waals surface area (Å²) in [4.78, 5) is 13.8. The van der Waals surface area contributed by atoms with Crippen molar-refractivity contribution < 1.29 is 9.53 Å². The third-order valence-electron chi connectivity index (χ3n) is 4.22. The minimum absolute atomic E-state index is 0. The fourth-order valence-corrected chi connectivity index (χ4v) is 3.16. The summed E-state index contributed by atoms with van der Waals surface area (Å²) in [5, 5.41) is 3.79. The first kappa shape index (κ1) is 18.6. The van der Waals surface area contributed by atoms with Gasteiger partial charge in [-0.05, 0) is 46.5 Å². The van der Waals surface area contributed by atoms with Crippen LogP contribution in [0.25, 0.3) is 0 Å². The highest BCUT2D eigenvalue weighted by atomic mass is 35.5. The van der Waals surface area contributed by atoms with E-state index in [1.807, 2.05) is 25.7 Å². The number of carbonyl (C=O) groups is 1. The van der Waals surface area contributed by atoms with Crippen LogP contribution in [0.15, 0.2) is 0 Å². The van der Waals surface area contributed by atoms with E-state index in [0.29, 0.717) is 12.1 Å².